The summed E-state index contributed by atoms with van der Waals surface area (Å²) in [4.78, 5) is 7.81. The molecule has 0 radical (unpaired) electrons. The van der Waals surface area contributed by atoms with Gasteiger partial charge >= 0.3 is 0 Å². The number of H-pyrrole nitrogens is 1. The summed E-state index contributed by atoms with van der Waals surface area (Å²) in [5, 5.41) is 0.758. The van der Waals surface area contributed by atoms with Crippen LogP contribution in [0.4, 0.5) is 0 Å². The van der Waals surface area contributed by atoms with Crippen LogP contribution in [-0.4, -0.2) is 9.97 Å². The molecule has 2 aromatic carbocycles. The minimum atomic E-state index is 0.758. The number of halogens is 1. The molecule has 20 heavy (non-hydrogen) atoms. The number of aromatic amines is 1. The molecular formula is C17H15ClN2. The fourth-order valence-corrected chi connectivity index (χ4v) is 2.25. The number of rotatable bonds is 3. The summed E-state index contributed by atoms with van der Waals surface area (Å²) in [7, 11) is 0. The molecule has 1 N–H and O–H groups in total. The van der Waals surface area contributed by atoms with Gasteiger partial charge in [0.05, 0.1) is 11.9 Å². The molecule has 3 rings (SSSR count). The van der Waals surface area contributed by atoms with E-state index in [1.807, 2.05) is 30.5 Å². The van der Waals surface area contributed by atoms with Crippen molar-refractivity contribution in [2.45, 2.75) is 13.3 Å². The van der Waals surface area contributed by atoms with Crippen molar-refractivity contribution in [2.75, 3.05) is 0 Å². The van der Waals surface area contributed by atoms with Crippen LogP contribution >= 0.6 is 11.6 Å². The number of aromatic nitrogens is 2. The Kier molecular flexibility index (Phi) is 3.57. The van der Waals surface area contributed by atoms with Crippen molar-refractivity contribution in [1.29, 1.82) is 0 Å². The maximum atomic E-state index is 5.89. The number of nitrogens with zero attached hydrogens (tertiary/aromatic N) is 1. The normalized spacial score (nSPS) is 10.7. The molecule has 0 saturated heterocycles. The van der Waals surface area contributed by atoms with Crippen LogP contribution in [0, 0.1) is 6.92 Å². The van der Waals surface area contributed by atoms with Gasteiger partial charge < -0.3 is 4.98 Å². The highest BCUT2D eigenvalue weighted by Crippen LogP contribution is 2.19. The Hall–Kier alpha value is -2.06. The van der Waals surface area contributed by atoms with Gasteiger partial charge in [-0.3, -0.25) is 0 Å². The highest BCUT2D eigenvalue weighted by molar-refractivity contribution is 6.30. The molecule has 1 heterocycles. The van der Waals surface area contributed by atoms with E-state index in [0.717, 1.165) is 28.5 Å². The van der Waals surface area contributed by atoms with E-state index in [-0.39, 0.29) is 0 Å². The zero-order chi connectivity index (χ0) is 13.9. The van der Waals surface area contributed by atoms with E-state index >= 15 is 0 Å². The molecule has 0 bridgehead atoms. The summed E-state index contributed by atoms with van der Waals surface area (Å²) in [5.41, 5.74) is 4.66. The number of aryl methyl sites for hydroxylation is 1. The van der Waals surface area contributed by atoms with Crippen LogP contribution in [0.2, 0.25) is 5.02 Å². The second kappa shape index (κ2) is 5.51. The monoisotopic (exact) mass is 282 g/mol. The van der Waals surface area contributed by atoms with Crippen molar-refractivity contribution in [3.8, 4) is 11.3 Å². The summed E-state index contributed by atoms with van der Waals surface area (Å²) in [6.45, 7) is 2.09. The largest absolute Gasteiger partial charge is 0.342 e. The Balaban J connectivity index is 1.80. The predicted molar refractivity (Wildman–Crippen MR) is 83.0 cm³/mol. The van der Waals surface area contributed by atoms with Crippen molar-refractivity contribution in [1.82, 2.24) is 9.97 Å². The molecule has 0 aliphatic rings. The molecule has 0 aliphatic heterocycles. The van der Waals surface area contributed by atoms with E-state index in [4.69, 9.17) is 11.6 Å². The maximum absolute atomic E-state index is 5.89. The third-order valence-corrected chi connectivity index (χ3v) is 3.53. The topological polar surface area (TPSA) is 28.7 Å². The molecule has 0 atom stereocenters. The van der Waals surface area contributed by atoms with Crippen molar-refractivity contribution in [2.24, 2.45) is 0 Å². The van der Waals surface area contributed by atoms with Gasteiger partial charge in [0.1, 0.15) is 5.82 Å². The molecule has 0 amide bonds. The van der Waals surface area contributed by atoms with Crippen LogP contribution in [0.15, 0.2) is 54.7 Å². The quantitative estimate of drug-likeness (QED) is 0.745. The van der Waals surface area contributed by atoms with Crippen LogP contribution in [0.5, 0.6) is 0 Å². The summed E-state index contributed by atoms with van der Waals surface area (Å²) >= 11 is 5.89. The zero-order valence-electron chi connectivity index (χ0n) is 11.2. The molecule has 3 heteroatoms. The standard InChI is InChI=1S/C17H15ClN2/c1-12-2-6-14(7-3-12)16-11-19-17(20-16)10-13-4-8-15(18)9-5-13/h2-9,11H,10H2,1H3,(H,19,20). The molecular weight excluding hydrogens is 268 g/mol. The fraction of sp³-hybridized carbons (Fsp3) is 0.118. The lowest BCUT2D eigenvalue weighted by atomic mass is 10.1. The van der Waals surface area contributed by atoms with E-state index in [2.05, 4.69) is 41.2 Å². The predicted octanol–water partition coefficient (Wildman–Crippen LogP) is 4.63. The van der Waals surface area contributed by atoms with Gasteiger partial charge in [0.2, 0.25) is 0 Å². The molecule has 1 aromatic heterocycles. The first-order valence-corrected chi connectivity index (χ1v) is 6.94. The number of benzene rings is 2. The molecule has 0 saturated carbocycles. The lowest BCUT2D eigenvalue weighted by Crippen LogP contribution is -1.90. The van der Waals surface area contributed by atoms with Gasteiger partial charge in [-0.2, -0.15) is 0 Å². The molecule has 2 nitrogen and oxygen atoms in total. The van der Waals surface area contributed by atoms with Crippen LogP contribution in [0.1, 0.15) is 17.0 Å². The van der Waals surface area contributed by atoms with Crippen LogP contribution in [-0.2, 0) is 6.42 Å². The first kappa shape index (κ1) is 12.9. The average Bonchev–Trinajstić information content (AvgIpc) is 2.91. The van der Waals surface area contributed by atoms with Crippen molar-refractivity contribution >= 4 is 11.6 Å². The van der Waals surface area contributed by atoms with Gasteiger partial charge in [0.15, 0.2) is 0 Å². The molecule has 0 aliphatic carbocycles. The van der Waals surface area contributed by atoms with Crippen LogP contribution in [0.25, 0.3) is 11.3 Å². The molecule has 100 valence electrons. The zero-order valence-corrected chi connectivity index (χ0v) is 12.0. The minimum Gasteiger partial charge on any atom is -0.342 e. The Bertz CT molecular complexity index is 697. The van der Waals surface area contributed by atoms with Crippen molar-refractivity contribution < 1.29 is 0 Å². The van der Waals surface area contributed by atoms with Gasteiger partial charge in [0, 0.05) is 11.4 Å². The summed E-state index contributed by atoms with van der Waals surface area (Å²) in [6.07, 6.45) is 2.67. The average molecular weight is 283 g/mol. The Morgan fingerprint density at radius 3 is 2.40 bits per heavy atom. The van der Waals surface area contributed by atoms with Crippen LogP contribution < -0.4 is 0 Å². The number of imidazole rings is 1. The van der Waals surface area contributed by atoms with Gasteiger partial charge in [0.25, 0.3) is 0 Å². The Labute approximate surface area is 123 Å². The van der Waals surface area contributed by atoms with Crippen molar-refractivity contribution in [3.63, 3.8) is 0 Å². The van der Waals surface area contributed by atoms with E-state index in [1.165, 1.54) is 11.1 Å². The van der Waals surface area contributed by atoms with Gasteiger partial charge in [-0.05, 0) is 30.2 Å². The van der Waals surface area contributed by atoms with E-state index in [9.17, 15) is 0 Å². The lowest BCUT2D eigenvalue weighted by molar-refractivity contribution is 1.03. The van der Waals surface area contributed by atoms with Crippen molar-refractivity contribution in [3.05, 3.63) is 76.7 Å². The van der Waals surface area contributed by atoms with E-state index in [1.54, 1.807) is 0 Å². The van der Waals surface area contributed by atoms with E-state index < -0.39 is 0 Å². The van der Waals surface area contributed by atoms with Crippen LogP contribution in [0.3, 0.4) is 0 Å². The highest BCUT2D eigenvalue weighted by atomic mass is 35.5. The fourth-order valence-electron chi connectivity index (χ4n) is 2.13. The van der Waals surface area contributed by atoms with Gasteiger partial charge in [-0.1, -0.05) is 53.6 Å². The maximum Gasteiger partial charge on any atom is 0.110 e. The first-order chi connectivity index (χ1) is 9.70. The molecule has 3 aromatic rings. The van der Waals surface area contributed by atoms with Gasteiger partial charge in [-0.15, -0.1) is 0 Å². The molecule has 0 spiro atoms. The summed E-state index contributed by atoms with van der Waals surface area (Å²) < 4.78 is 0. The summed E-state index contributed by atoms with van der Waals surface area (Å²) in [5.74, 6) is 0.961. The number of hydrogen-bond acceptors (Lipinski definition) is 1. The third kappa shape index (κ3) is 2.91. The molecule has 0 fully saturated rings. The third-order valence-electron chi connectivity index (χ3n) is 3.28. The molecule has 0 unspecified atom stereocenters. The minimum absolute atomic E-state index is 0.758. The lowest BCUT2D eigenvalue weighted by Gasteiger charge is -2.00. The second-order valence-electron chi connectivity index (χ2n) is 4.91. The second-order valence-corrected chi connectivity index (χ2v) is 5.35. The number of hydrogen-bond donors (Lipinski definition) is 1. The van der Waals surface area contributed by atoms with E-state index in [0.29, 0.717) is 0 Å². The Morgan fingerprint density at radius 2 is 1.70 bits per heavy atom. The van der Waals surface area contributed by atoms with Gasteiger partial charge in [-0.25, -0.2) is 4.98 Å². The SMILES string of the molecule is Cc1ccc(-c2cnc(Cc3ccc(Cl)cc3)[nH]2)cc1. The number of nitrogens with one attached hydrogen (secondary N) is 1. The smallest absolute Gasteiger partial charge is 0.110 e. The highest BCUT2D eigenvalue weighted by Gasteiger charge is 2.04. The first-order valence-electron chi connectivity index (χ1n) is 6.56. The summed E-state index contributed by atoms with van der Waals surface area (Å²) in [6, 6.07) is 16.3. The Morgan fingerprint density at radius 1 is 1.00 bits per heavy atom.